The third-order valence-corrected chi connectivity index (χ3v) is 5.05. The number of rotatable bonds is 6. The Hall–Kier alpha value is -2.15. The van der Waals surface area contributed by atoms with E-state index < -0.39 is 0 Å². The van der Waals surface area contributed by atoms with Crippen LogP contribution in [0.3, 0.4) is 0 Å². The van der Waals surface area contributed by atoms with E-state index in [9.17, 15) is 9.90 Å². The zero-order chi connectivity index (χ0) is 16.7. The second-order valence-corrected chi connectivity index (χ2v) is 7.02. The molecule has 0 aliphatic heterocycles. The molecule has 24 heavy (non-hydrogen) atoms. The van der Waals surface area contributed by atoms with Crippen molar-refractivity contribution in [3.05, 3.63) is 40.4 Å². The maximum absolute atomic E-state index is 12.3. The average molecular weight is 344 g/mol. The molecule has 6 nitrogen and oxygen atoms in total. The van der Waals surface area contributed by atoms with Gasteiger partial charge in [-0.1, -0.05) is 12.1 Å². The number of hydrogen-bond donors (Lipinski definition) is 3. The van der Waals surface area contributed by atoms with Crippen LogP contribution in [0.5, 0.6) is 5.75 Å². The lowest BCUT2D eigenvalue weighted by Crippen LogP contribution is -2.28. The number of aromatic nitrogens is 3. The minimum Gasteiger partial charge on any atom is -0.508 e. The minimum absolute atomic E-state index is 0.0102. The first-order valence-corrected chi connectivity index (χ1v) is 8.76. The van der Waals surface area contributed by atoms with Crippen LogP contribution in [0.2, 0.25) is 0 Å². The summed E-state index contributed by atoms with van der Waals surface area (Å²) in [6.07, 6.45) is 3.83. The molecule has 1 heterocycles. The van der Waals surface area contributed by atoms with Crippen LogP contribution in [-0.4, -0.2) is 32.3 Å². The molecule has 2 aliphatic rings. The van der Waals surface area contributed by atoms with Crippen molar-refractivity contribution < 1.29 is 9.90 Å². The SMILES string of the molecule is O=C(NCCc1n[nH]c(=S)n1C1CC1)C1CC1c1cccc(O)c1. The van der Waals surface area contributed by atoms with E-state index in [1.54, 1.807) is 12.1 Å². The Labute approximate surface area is 144 Å². The second kappa shape index (κ2) is 6.05. The number of hydrogen-bond acceptors (Lipinski definition) is 4. The molecule has 3 N–H and O–H groups in total. The molecule has 0 bridgehead atoms. The fraction of sp³-hybridized carbons (Fsp3) is 0.471. The number of aromatic amines is 1. The number of aromatic hydroxyl groups is 1. The predicted octanol–water partition coefficient (Wildman–Crippen LogP) is 2.44. The van der Waals surface area contributed by atoms with Gasteiger partial charge in [-0.15, -0.1) is 0 Å². The van der Waals surface area contributed by atoms with Gasteiger partial charge in [0, 0.05) is 24.9 Å². The van der Waals surface area contributed by atoms with Gasteiger partial charge in [0.15, 0.2) is 4.77 Å². The van der Waals surface area contributed by atoms with Gasteiger partial charge in [-0.2, -0.15) is 5.10 Å². The van der Waals surface area contributed by atoms with Crippen molar-refractivity contribution in [2.75, 3.05) is 6.54 Å². The summed E-state index contributed by atoms with van der Waals surface area (Å²) in [6.45, 7) is 0.564. The van der Waals surface area contributed by atoms with E-state index in [1.807, 2.05) is 12.1 Å². The van der Waals surface area contributed by atoms with Crippen LogP contribution in [0.1, 0.15) is 42.6 Å². The monoisotopic (exact) mass is 344 g/mol. The van der Waals surface area contributed by atoms with E-state index in [0.717, 1.165) is 30.7 Å². The lowest BCUT2D eigenvalue weighted by Gasteiger charge is -2.07. The van der Waals surface area contributed by atoms with Gasteiger partial charge in [-0.25, -0.2) is 0 Å². The normalized spacial score (nSPS) is 22.3. The van der Waals surface area contributed by atoms with Gasteiger partial charge in [0.05, 0.1) is 0 Å². The Morgan fingerprint density at radius 3 is 3.04 bits per heavy atom. The summed E-state index contributed by atoms with van der Waals surface area (Å²) >= 11 is 5.26. The van der Waals surface area contributed by atoms with E-state index in [1.165, 1.54) is 0 Å². The topological polar surface area (TPSA) is 82.9 Å². The Morgan fingerprint density at radius 2 is 2.29 bits per heavy atom. The first kappa shape index (κ1) is 15.4. The minimum atomic E-state index is 0.0102. The Bertz CT molecular complexity index is 824. The van der Waals surface area contributed by atoms with Gasteiger partial charge in [-0.3, -0.25) is 9.89 Å². The zero-order valence-corrected chi connectivity index (χ0v) is 14.1. The largest absolute Gasteiger partial charge is 0.508 e. The molecule has 1 aromatic carbocycles. The second-order valence-electron chi connectivity index (χ2n) is 6.63. The molecule has 2 fully saturated rings. The van der Waals surface area contributed by atoms with E-state index >= 15 is 0 Å². The molecule has 0 spiro atoms. The van der Waals surface area contributed by atoms with E-state index in [2.05, 4.69) is 20.1 Å². The van der Waals surface area contributed by atoms with Crippen molar-refractivity contribution in [3.63, 3.8) is 0 Å². The van der Waals surface area contributed by atoms with Crippen LogP contribution in [0, 0.1) is 10.7 Å². The van der Waals surface area contributed by atoms with Crippen molar-refractivity contribution in [2.24, 2.45) is 5.92 Å². The molecule has 1 aromatic heterocycles. The van der Waals surface area contributed by atoms with Crippen molar-refractivity contribution in [2.45, 2.75) is 37.6 Å². The molecular weight excluding hydrogens is 324 g/mol. The lowest BCUT2D eigenvalue weighted by atomic mass is 10.1. The van der Waals surface area contributed by atoms with Crippen LogP contribution >= 0.6 is 12.2 Å². The number of nitrogens with zero attached hydrogens (tertiary/aromatic N) is 2. The summed E-state index contributed by atoms with van der Waals surface area (Å²) < 4.78 is 2.75. The predicted molar refractivity (Wildman–Crippen MR) is 91.4 cm³/mol. The summed E-state index contributed by atoms with van der Waals surface area (Å²) in [5.74, 6) is 1.48. The molecule has 2 unspecified atom stereocenters. The maximum atomic E-state index is 12.3. The van der Waals surface area contributed by atoms with Crippen molar-refractivity contribution in [1.82, 2.24) is 20.1 Å². The maximum Gasteiger partial charge on any atom is 0.223 e. The highest BCUT2D eigenvalue weighted by atomic mass is 32.1. The number of benzene rings is 1. The molecule has 0 radical (unpaired) electrons. The third-order valence-electron chi connectivity index (χ3n) is 4.76. The number of carbonyl (C=O) groups is 1. The zero-order valence-electron chi connectivity index (χ0n) is 13.2. The van der Waals surface area contributed by atoms with Crippen molar-refractivity contribution in [3.8, 4) is 5.75 Å². The van der Waals surface area contributed by atoms with Gasteiger partial charge >= 0.3 is 0 Å². The number of phenols is 1. The van der Waals surface area contributed by atoms with Crippen LogP contribution in [0.4, 0.5) is 0 Å². The molecule has 7 heteroatoms. The molecule has 4 rings (SSSR count). The number of H-pyrrole nitrogens is 1. The van der Waals surface area contributed by atoms with Gasteiger partial charge in [-0.05, 0) is 55.1 Å². The number of amides is 1. The van der Waals surface area contributed by atoms with Gasteiger partial charge in [0.2, 0.25) is 5.91 Å². The number of nitrogens with one attached hydrogen (secondary N) is 2. The summed E-state index contributed by atoms with van der Waals surface area (Å²) in [7, 11) is 0. The molecule has 126 valence electrons. The average Bonchev–Trinajstić information content (AvgIpc) is 3.47. The standard InChI is InChI=1S/C17H20N4O2S/c22-12-3-1-2-10(8-12)13-9-14(13)16(23)18-7-6-15-19-20-17(24)21(15)11-4-5-11/h1-3,8,11,13-14,22H,4-7,9H2,(H,18,23)(H,20,24). The van der Waals surface area contributed by atoms with E-state index in [-0.39, 0.29) is 23.5 Å². The molecule has 2 saturated carbocycles. The van der Waals surface area contributed by atoms with Crippen LogP contribution in [0.25, 0.3) is 0 Å². The Morgan fingerprint density at radius 1 is 1.46 bits per heavy atom. The summed E-state index contributed by atoms with van der Waals surface area (Å²) in [4.78, 5) is 12.3. The number of carbonyl (C=O) groups excluding carboxylic acids is 1. The van der Waals surface area contributed by atoms with Gasteiger partial charge < -0.3 is 15.0 Å². The first-order valence-electron chi connectivity index (χ1n) is 8.36. The molecule has 2 aliphatic carbocycles. The van der Waals surface area contributed by atoms with Gasteiger partial charge in [0.25, 0.3) is 0 Å². The molecule has 2 aromatic rings. The van der Waals surface area contributed by atoms with Crippen molar-refractivity contribution >= 4 is 18.1 Å². The molecule has 0 saturated heterocycles. The molecular formula is C17H20N4O2S. The van der Waals surface area contributed by atoms with Gasteiger partial charge in [0.1, 0.15) is 11.6 Å². The fourth-order valence-corrected chi connectivity index (χ4v) is 3.56. The third kappa shape index (κ3) is 3.08. The smallest absolute Gasteiger partial charge is 0.223 e. The highest BCUT2D eigenvalue weighted by molar-refractivity contribution is 7.71. The number of phenolic OH excluding ortho intramolecular Hbond substituents is 1. The Balaban J connectivity index is 1.30. The Kier molecular flexibility index (Phi) is 3.88. The van der Waals surface area contributed by atoms with E-state index in [4.69, 9.17) is 12.2 Å². The lowest BCUT2D eigenvalue weighted by molar-refractivity contribution is -0.122. The summed E-state index contributed by atoms with van der Waals surface area (Å²) in [5, 5.41) is 19.7. The summed E-state index contributed by atoms with van der Waals surface area (Å²) in [6, 6.07) is 7.66. The highest BCUT2D eigenvalue weighted by Gasteiger charge is 2.43. The first-order chi connectivity index (χ1) is 11.6. The fourth-order valence-electron chi connectivity index (χ4n) is 3.26. The van der Waals surface area contributed by atoms with Crippen LogP contribution in [0.15, 0.2) is 24.3 Å². The highest BCUT2D eigenvalue weighted by Crippen LogP contribution is 2.48. The summed E-state index contributed by atoms with van der Waals surface area (Å²) in [5.41, 5.74) is 1.03. The molecule has 2 atom stereocenters. The van der Waals surface area contributed by atoms with Crippen LogP contribution in [-0.2, 0) is 11.2 Å². The van der Waals surface area contributed by atoms with E-state index in [0.29, 0.717) is 23.8 Å². The quantitative estimate of drug-likeness (QED) is 0.703. The van der Waals surface area contributed by atoms with Crippen LogP contribution < -0.4 is 5.32 Å². The molecule has 1 amide bonds. The van der Waals surface area contributed by atoms with Crippen molar-refractivity contribution in [1.29, 1.82) is 0 Å².